The van der Waals surface area contributed by atoms with Crippen molar-refractivity contribution in [2.45, 2.75) is 24.7 Å². The second-order valence-electron chi connectivity index (χ2n) is 10.2. The third-order valence-electron chi connectivity index (χ3n) is 7.10. The maximum absolute atomic E-state index is 14.6. The summed E-state index contributed by atoms with van der Waals surface area (Å²) < 4.78 is 46.6. The van der Waals surface area contributed by atoms with E-state index in [1.54, 1.807) is 86.7 Å². The maximum Gasteiger partial charge on any atom is 0.296 e. The summed E-state index contributed by atoms with van der Waals surface area (Å²) in [6, 6.07) is 15.9. The fourth-order valence-corrected chi connectivity index (χ4v) is 4.94. The number of fused-ring (bicyclic) bond motifs is 1. The lowest BCUT2D eigenvalue weighted by Crippen LogP contribution is -2.52. The minimum atomic E-state index is -3.02. The third-order valence-corrected chi connectivity index (χ3v) is 7.10. The normalized spacial score (nSPS) is 18.0. The minimum Gasteiger partial charge on any atom is -0.496 e. The van der Waals surface area contributed by atoms with Crippen LogP contribution in [-0.2, 0) is 0 Å². The van der Waals surface area contributed by atoms with Gasteiger partial charge in [0.1, 0.15) is 35.1 Å². The van der Waals surface area contributed by atoms with Gasteiger partial charge in [-0.25, -0.2) is 8.78 Å². The summed E-state index contributed by atoms with van der Waals surface area (Å²) in [6.07, 6.45) is -0.296. The SMILES string of the molecule is COc1cc(C(O)N(C)C)ccc1-c1cc2nccc(-c3ccc(OC4CCN(C)CC4(F)F)c(C#N)c3)c2o1. The summed E-state index contributed by atoms with van der Waals surface area (Å²) in [5.41, 5.74) is 3.94. The van der Waals surface area contributed by atoms with Gasteiger partial charge in [0.25, 0.3) is 5.92 Å². The number of benzene rings is 2. The Bertz CT molecular complexity index is 1580. The molecular formula is C30H30F2N4O4. The van der Waals surface area contributed by atoms with Crippen molar-refractivity contribution in [2.75, 3.05) is 41.3 Å². The largest absolute Gasteiger partial charge is 0.496 e. The van der Waals surface area contributed by atoms with E-state index in [4.69, 9.17) is 13.9 Å². The Morgan fingerprint density at radius 1 is 1.15 bits per heavy atom. The molecule has 0 radical (unpaired) electrons. The maximum atomic E-state index is 14.6. The van der Waals surface area contributed by atoms with Crippen LogP contribution < -0.4 is 9.47 Å². The molecule has 1 N–H and O–H groups in total. The number of likely N-dealkylation sites (tertiary alicyclic amines) is 1. The Balaban J connectivity index is 1.49. The van der Waals surface area contributed by atoms with Gasteiger partial charge < -0.3 is 23.9 Å². The number of rotatable bonds is 7. The Kier molecular flexibility index (Phi) is 7.47. The van der Waals surface area contributed by atoms with E-state index in [1.165, 1.54) is 0 Å². The molecule has 2 aromatic carbocycles. The van der Waals surface area contributed by atoms with E-state index >= 15 is 0 Å². The number of nitriles is 1. The molecule has 0 aliphatic carbocycles. The zero-order valence-corrected chi connectivity index (χ0v) is 22.7. The summed E-state index contributed by atoms with van der Waals surface area (Å²) in [4.78, 5) is 7.68. The highest BCUT2D eigenvalue weighted by Crippen LogP contribution is 2.39. The van der Waals surface area contributed by atoms with Crippen LogP contribution in [0.2, 0.25) is 0 Å². The Morgan fingerprint density at radius 2 is 1.95 bits per heavy atom. The predicted octanol–water partition coefficient (Wildman–Crippen LogP) is 5.31. The van der Waals surface area contributed by atoms with Crippen LogP contribution in [0.3, 0.4) is 0 Å². The first-order chi connectivity index (χ1) is 19.1. The number of ether oxygens (including phenoxy) is 2. The smallest absolute Gasteiger partial charge is 0.296 e. The first-order valence-corrected chi connectivity index (χ1v) is 12.8. The molecule has 1 saturated heterocycles. The average Bonchev–Trinajstić information content (AvgIpc) is 3.38. The zero-order valence-electron chi connectivity index (χ0n) is 22.7. The highest BCUT2D eigenvalue weighted by Gasteiger charge is 2.45. The highest BCUT2D eigenvalue weighted by molar-refractivity contribution is 5.93. The standard InChI is InChI=1S/C30H30F2N4O4/c1-35(2)29(37)19-5-7-22(25(14-19)38-4)26-15-23-28(40-26)21(9-11-34-23)18-6-8-24(20(13-18)16-33)39-27-10-12-36(3)17-30(27,31)32/h5-9,11,13-15,27,29,37H,10,12,17H2,1-4H3. The molecule has 40 heavy (non-hydrogen) atoms. The van der Waals surface area contributed by atoms with Crippen LogP contribution in [0.15, 0.2) is 59.1 Å². The third kappa shape index (κ3) is 5.23. The van der Waals surface area contributed by atoms with Crippen LogP contribution >= 0.6 is 0 Å². The van der Waals surface area contributed by atoms with Gasteiger partial charge in [-0.15, -0.1) is 0 Å². The molecule has 1 fully saturated rings. The molecule has 4 aromatic rings. The monoisotopic (exact) mass is 548 g/mol. The zero-order chi connectivity index (χ0) is 28.6. The number of piperidine rings is 1. The van der Waals surface area contributed by atoms with E-state index in [0.717, 1.165) is 0 Å². The van der Waals surface area contributed by atoms with E-state index < -0.39 is 24.8 Å². The quantitative estimate of drug-likeness (QED) is 0.311. The molecule has 0 spiro atoms. The van der Waals surface area contributed by atoms with Gasteiger partial charge in [0.2, 0.25) is 0 Å². The number of methoxy groups -OCH3 is 1. The van der Waals surface area contributed by atoms with Crippen molar-refractivity contribution in [1.29, 1.82) is 5.26 Å². The lowest BCUT2D eigenvalue weighted by atomic mass is 10.0. The fourth-order valence-electron chi connectivity index (χ4n) is 4.94. The lowest BCUT2D eigenvalue weighted by molar-refractivity contribution is -0.135. The average molecular weight is 549 g/mol. The molecule has 2 aromatic heterocycles. The summed E-state index contributed by atoms with van der Waals surface area (Å²) in [6.45, 7) is 0.0943. The van der Waals surface area contributed by atoms with Gasteiger partial charge in [0.05, 0.1) is 24.8 Å². The number of aliphatic hydroxyl groups excluding tert-OH is 1. The first-order valence-electron chi connectivity index (χ1n) is 12.8. The van der Waals surface area contributed by atoms with Gasteiger partial charge in [0.15, 0.2) is 11.7 Å². The molecule has 1 aliphatic heterocycles. The Morgan fingerprint density at radius 3 is 2.65 bits per heavy atom. The van der Waals surface area contributed by atoms with Crippen molar-refractivity contribution in [1.82, 2.24) is 14.8 Å². The number of aromatic nitrogens is 1. The van der Waals surface area contributed by atoms with E-state index in [9.17, 15) is 19.1 Å². The predicted molar refractivity (Wildman–Crippen MR) is 146 cm³/mol. The molecule has 0 amide bonds. The van der Waals surface area contributed by atoms with Crippen LogP contribution in [0.1, 0.15) is 23.8 Å². The van der Waals surface area contributed by atoms with Gasteiger partial charge in [-0.3, -0.25) is 9.88 Å². The van der Waals surface area contributed by atoms with E-state index in [1.807, 2.05) is 6.07 Å². The van der Waals surface area contributed by atoms with Crippen molar-refractivity contribution in [3.8, 4) is 40.0 Å². The van der Waals surface area contributed by atoms with E-state index in [0.29, 0.717) is 51.4 Å². The number of furan rings is 1. The number of nitrogens with zero attached hydrogens (tertiary/aromatic N) is 4. The molecule has 5 rings (SSSR count). The van der Waals surface area contributed by atoms with Crippen LogP contribution in [-0.4, -0.2) is 73.3 Å². The molecule has 0 saturated carbocycles. The number of hydrogen-bond acceptors (Lipinski definition) is 8. The van der Waals surface area contributed by atoms with Crippen molar-refractivity contribution >= 4 is 11.1 Å². The number of alkyl halides is 2. The summed E-state index contributed by atoms with van der Waals surface area (Å²) in [5, 5.41) is 20.2. The highest BCUT2D eigenvalue weighted by atomic mass is 19.3. The number of pyridine rings is 1. The van der Waals surface area contributed by atoms with Gasteiger partial charge in [-0.2, -0.15) is 5.26 Å². The van der Waals surface area contributed by atoms with E-state index in [-0.39, 0.29) is 17.7 Å². The molecule has 208 valence electrons. The molecule has 2 atom stereocenters. The molecular weight excluding hydrogens is 518 g/mol. The van der Waals surface area contributed by atoms with Crippen LogP contribution in [0.4, 0.5) is 8.78 Å². The van der Waals surface area contributed by atoms with Crippen molar-refractivity contribution in [3.05, 3.63) is 65.9 Å². The van der Waals surface area contributed by atoms with Crippen molar-refractivity contribution < 1.29 is 27.8 Å². The van der Waals surface area contributed by atoms with Crippen molar-refractivity contribution in [3.63, 3.8) is 0 Å². The molecule has 8 nitrogen and oxygen atoms in total. The molecule has 0 bridgehead atoms. The summed E-state index contributed by atoms with van der Waals surface area (Å²) in [5.74, 6) is -1.86. The Labute approximate surface area is 231 Å². The number of aliphatic hydroxyl groups is 1. The molecule has 2 unspecified atom stereocenters. The second-order valence-corrected chi connectivity index (χ2v) is 10.2. The van der Waals surface area contributed by atoms with Gasteiger partial charge in [-0.1, -0.05) is 12.1 Å². The molecule has 1 aliphatic rings. The second kappa shape index (κ2) is 10.8. The minimum absolute atomic E-state index is 0.121. The molecule has 3 heterocycles. The number of hydrogen-bond donors (Lipinski definition) is 1. The first kappa shape index (κ1) is 27.5. The van der Waals surface area contributed by atoms with Crippen molar-refractivity contribution in [2.24, 2.45) is 0 Å². The van der Waals surface area contributed by atoms with Crippen LogP contribution in [0.25, 0.3) is 33.6 Å². The van der Waals surface area contributed by atoms with Gasteiger partial charge in [0, 0.05) is 30.8 Å². The van der Waals surface area contributed by atoms with Crippen LogP contribution in [0, 0.1) is 11.3 Å². The Hall–Kier alpha value is -4.04. The lowest BCUT2D eigenvalue weighted by Gasteiger charge is -2.36. The number of halogens is 2. The van der Waals surface area contributed by atoms with Gasteiger partial charge in [-0.05, 0) is 62.6 Å². The topological polar surface area (TPSA) is 95.0 Å². The summed E-state index contributed by atoms with van der Waals surface area (Å²) >= 11 is 0. The fraction of sp³-hybridized carbons (Fsp3) is 0.333. The molecule has 10 heteroatoms. The van der Waals surface area contributed by atoms with Gasteiger partial charge >= 0.3 is 0 Å². The van der Waals surface area contributed by atoms with Crippen LogP contribution in [0.5, 0.6) is 11.5 Å². The summed E-state index contributed by atoms with van der Waals surface area (Å²) in [7, 11) is 6.75. The van der Waals surface area contributed by atoms with E-state index in [2.05, 4.69) is 11.1 Å².